The highest BCUT2D eigenvalue weighted by molar-refractivity contribution is 7.92. The van der Waals surface area contributed by atoms with Gasteiger partial charge in [0.25, 0.3) is 10.0 Å². The van der Waals surface area contributed by atoms with Gasteiger partial charge in [0.2, 0.25) is 5.95 Å². The Morgan fingerprint density at radius 3 is 2.27 bits per heavy atom. The molecule has 1 aliphatic carbocycles. The van der Waals surface area contributed by atoms with Gasteiger partial charge in [-0.1, -0.05) is 31.4 Å². The van der Waals surface area contributed by atoms with Gasteiger partial charge in [-0.05, 0) is 74.6 Å². The van der Waals surface area contributed by atoms with Crippen LogP contribution in [0, 0.1) is 17.5 Å². The van der Waals surface area contributed by atoms with Crippen LogP contribution in [0.1, 0.15) is 57.4 Å². The fourth-order valence-electron chi connectivity index (χ4n) is 6.51. The number of pyridine rings is 1. The van der Waals surface area contributed by atoms with E-state index in [0.29, 0.717) is 22.9 Å². The van der Waals surface area contributed by atoms with E-state index in [0.717, 1.165) is 82.1 Å². The molecule has 2 N–H and O–H groups in total. The van der Waals surface area contributed by atoms with Crippen molar-refractivity contribution in [3.05, 3.63) is 90.6 Å². The van der Waals surface area contributed by atoms with Crippen LogP contribution in [0.15, 0.2) is 78.1 Å². The van der Waals surface area contributed by atoms with Gasteiger partial charge in [0.05, 0.1) is 29.3 Å². The molecule has 4 heterocycles. The van der Waals surface area contributed by atoms with Gasteiger partial charge in [-0.3, -0.25) is 9.40 Å². The SMILES string of the molecule is O=S(=O)(Nc1cccc(-c2nn(C3CCCCC3)cc2-c2ccnc(Nc3ccc(N4CCCCC4)nc3)n2)c1F)c1c(F)cccc1F. The van der Waals surface area contributed by atoms with E-state index >= 15 is 4.39 Å². The molecule has 254 valence electrons. The third-order valence-corrected chi connectivity index (χ3v) is 10.4. The van der Waals surface area contributed by atoms with Crippen molar-refractivity contribution in [2.45, 2.75) is 62.3 Å². The van der Waals surface area contributed by atoms with E-state index < -0.39 is 38.1 Å². The summed E-state index contributed by atoms with van der Waals surface area (Å²) in [7, 11) is -4.82. The van der Waals surface area contributed by atoms with Crippen molar-refractivity contribution in [1.29, 1.82) is 0 Å². The van der Waals surface area contributed by atoms with Crippen molar-refractivity contribution in [2.75, 3.05) is 28.0 Å². The van der Waals surface area contributed by atoms with E-state index in [9.17, 15) is 17.2 Å². The second kappa shape index (κ2) is 13.9. The van der Waals surface area contributed by atoms with Gasteiger partial charge >= 0.3 is 0 Å². The molecule has 1 saturated carbocycles. The smallest absolute Gasteiger partial charge is 0.267 e. The predicted octanol–water partition coefficient (Wildman–Crippen LogP) is 7.86. The number of hydrogen-bond acceptors (Lipinski definition) is 8. The Morgan fingerprint density at radius 2 is 1.53 bits per heavy atom. The molecule has 0 unspecified atom stereocenters. The third-order valence-electron chi connectivity index (χ3n) is 8.98. The number of halogens is 3. The van der Waals surface area contributed by atoms with Gasteiger partial charge in [0.1, 0.15) is 23.1 Å². The normalized spacial score (nSPS) is 15.7. The fourth-order valence-corrected chi connectivity index (χ4v) is 7.71. The number of anilines is 4. The highest BCUT2D eigenvalue weighted by atomic mass is 32.2. The maximum Gasteiger partial charge on any atom is 0.267 e. The van der Waals surface area contributed by atoms with E-state index in [-0.39, 0.29) is 17.3 Å². The molecule has 2 fully saturated rings. The van der Waals surface area contributed by atoms with E-state index in [1.54, 1.807) is 18.5 Å². The molecule has 0 amide bonds. The van der Waals surface area contributed by atoms with Crippen LogP contribution in [0.25, 0.3) is 22.5 Å². The van der Waals surface area contributed by atoms with E-state index in [2.05, 4.69) is 20.2 Å². The number of benzene rings is 2. The second-order valence-corrected chi connectivity index (χ2v) is 13.9. The highest BCUT2D eigenvalue weighted by Crippen LogP contribution is 2.38. The van der Waals surface area contributed by atoms with Crippen molar-refractivity contribution >= 4 is 33.2 Å². The summed E-state index contributed by atoms with van der Waals surface area (Å²) < 4.78 is 74.9. The third kappa shape index (κ3) is 6.95. The van der Waals surface area contributed by atoms with Gasteiger partial charge in [0.15, 0.2) is 10.7 Å². The van der Waals surface area contributed by atoms with Crippen LogP contribution in [0.2, 0.25) is 0 Å². The maximum atomic E-state index is 16.3. The zero-order valence-electron chi connectivity index (χ0n) is 26.6. The van der Waals surface area contributed by atoms with Gasteiger partial charge in [-0.15, -0.1) is 0 Å². The fraction of sp³-hybridized carbons (Fsp3) is 0.314. The molecule has 2 aromatic carbocycles. The summed E-state index contributed by atoms with van der Waals surface area (Å²) in [6, 6.07) is 12.5. The predicted molar refractivity (Wildman–Crippen MR) is 182 cm³/mol. The Morgan fingerprint density at radius 1 is 0.796 bits per heavy atom. The van der Waals surface area contributed by atoms with Crippen LogP contribution < -0.4 is 14.9 Å². The van der Waals surface area contributed by atoms with E-state index in [4.69, 9.17) is 10.1 Å². The lowest BCUT2D eigenvalue weighted by molar-refractivity contribution is 0.330. The number of nitrogens with zero attached hydrogens (tertiary/aromatic N) is 6. The molecule has 7 rings (SSSR count). The molecule has 2 aliphatic rings. The van der Waals surface area contributed by atoms with Crippen LogP contribution in [0.4, 0.5) is 36.3 Å². The average Bonchev–Trinajstić information content (AvgIpc) is 3.56. The molecule has 14 heteroatoms. The van der Waals surface area contributed by atoms with E-state index in [1.807, 2.05) is 27.7 Å². The largest absolute Gasteiger partial charge is 0.357 e. The lowest BCUT2D eigenvalue weighted by atomic mass is 9.96. The van der Waals surface area contributed by atoms with E-state index in [1.165, 1.54) is 24.6 Å². The zero-order chi connectivity index (χ0) is 34.0. The quantitative estimate of drug-likeness (QED) is 0.161. The van der Waals surface area contributed by atoms with Gasteiger partial charge in [0, 0.05) is 36.6 Å². The lowest BCUT2D eigenvalue weighted by Gasteiger charge is -2.27. The first kappa shape index (κ1) is 32.6. The standard InChI is InChI=1S/C35H35F3N8O2S/c36-27-12-8-13-28(37)34(27)49(47,48)44-30-14-7-11-25(32(30)38)33-26(22-46(43-33)24-9-3-1-4-10-24)29-17-18-39-35(42-29)41-23-15-16-31(40-21-23)45-19-5-2-6-20-45/h7-8,11-18,21-22,24,44H,1-6,9-10,19-20H2,(H,39,41,42). The topological polar surface area (TPSA) is 118 Å². The first-order valence-electron chi connectivity index (χ1n) is 16.4. The molecule has 3 aromatic heterocycles. The molecule has 1 saturated heterocycles. The average molecular weight is 689 g/mol. The molecule has 0 atom stereocenters. The Bertz CT molecular complexity index is 2040. The van der Waals surface area contributed by atoms with Crippen molar-refractivity contribution < 1.29 is 21.6 Å². The Hall–Kier alpha value is -4.98. The molecule has 1 aliphatic heterocycles. The first-order valence-corrected chi connectivity index (χ1v) is 17.9. The molecule has 10 nitrogen and oxygen atoms in total. The summed E-state index contributed by atoms with van der Waals surface area (Å²) in [5.74, 6) is -2.32. The molecular weight excluding hydrogens is 654 g/mol. The number of nitrogens with one attached hydrogen (secondary N) is 2. The Kier molecular flexibility index (Phi) is 9.21. The number of rotatable bonds is 9. The minimum absolute atomic E-state index is 0.00983. The minimum atomic E-state index is -4.82. The summed E-state index contributed by atoms with van der Waals surface area (Å²) in [4.78, 5) is 14.8. The minimum Gasteiger partial charge on any atom is -0.357 e. The van der Waals surface area contributed by atoms with Crippen LogP contribution in [0.3, 0.4) is 0 Å². The van der Waals surface area contributed by atoms with Gasteiger partial charge in [-0.2, -0.15) is 5.10 Å². The lowest BCUT2D eigenvalue weighted by Crippen LogP contribution is -2.29. The Labute approximate surface area is 282 Å². The van der Waals surface area contributed by atoms with Crippen LogP contribution >= 0.6 is 0 Å². The van der Waals surface area contributed by atoms with Crippen LogP contribution in [0.5, 0.6) is 0 Å². The van der Waals surface area contributed by atoms with Crippen LogP contribution in [-0.4, -0.2) is 46.2 Å². The number of piperidine rings is 1. The summed E-state index contributed by atoms with van der Waals surface area (Å²) in [5.41, 5.74) is 1.42. The highest BCUT2D eigenvalue weighted by Gasteiger charge is 2.28. The molecule has 0 radical (unpaired) electrons. The van der Waals surface area contributed by atoms with Crippen molar-refractivity contribution in [3.8, 4) is 22.5 Å². The molecular formula is C35H35F3N8O2S. The van der Waals surface area contributed by atoms with Crippen molar-refractivity contribution in [2.24, 2.45) is 0 Å². The van der Waals surface area contributed by atoms with Crippen LogP contribution in [-0.2, 0) is 10.0 Å². The molecule has 0 spiro atoms. The maximum absolute atomic E-state index is 16.3. The van der Waals surface area contributed by atoms with Crippen molar-refractivity contribution in [3.63, 3.8) is 0 Å². The molecule has 49 heavy (non-hydrogen) atoms. The summed E-state index contributed by atoms with van der Waals surface area (Å²) in [5, 5.41) is 8.02. The molecule has 5 aromatic rings. The Balaban J connectivity index is 1.22. The number of hydrogen-bond donors (Lipinski definition) is 2. The summed E-state index contributed by atoms with van der Waals surface area (Å²) in [6.45, 7) is 1.97. The number of aromatic nitrogens is 5. The van der Waals surface area contributed by atoms with Gasteiger partial charge < -0.3 is 10.2 Å². The number of sulfonamides is 1. The summed E-state index contributed by atoms with van der Waals surface area (Å²) >= 11 is 0. The van der Waals surface area contributed by atoms with Crippen molar-refractivity contribution in [1.82, 2.24) is 24.7 Å². The first-order chi connectivity index (χ1) is 23.8. The monoisotopic (exact) mass is 688 g/mol. The second-order valence-electron chi connectivity index (χ2n) is 12.3. The zero-order valence-corrected chi connectivity index (χ0v) is 27.4. The summed E-state index contributed by atoms with van der Waals surface area (Å²) in [6.07, 6.45) is 13.7. The molecule has 0 bridgehead atoms. The van der Waals surface area contributed by atoms with Gasteiger partial charge in [-0.25, -0.2) is 36.5 Å².